The summed E-state index contributed by atoms with van der Waals surface area (Å²) < 4.78 is 31.7. The number of halogens is 2. The third kappa shape index (κ3) is 4.42. The number of alkyl carbamates (subject to hydrolysis) is 1. The first-order valence-corrected chi connectivity index (χ1v) is 10.2. The van der Waals surface area contributed by atoms with Crippen LogP contribution >= 0.6 is 0 Å². The van der Waals surface area contributed by atoms with Crippen molar-refractivity contribution in [2.24, 2.45) is 0 Å². The van der Waals surface area contributed by atoms with Gasteiger partial charge in [0.15, 0.2) is 0 Å². The maximum atomic E-state index is 13.1. The normalized spacial score (nSPS) is 15.9. The molecule has 2 aromatic carbocycles. The van der Waals surface area contributed by atoms with Crippen molar-refractivity contribution in [1.29, 1.82) is 0 Å². The van der Waals surface area contributed by atoms with Crippen LogP contribution in [0.2, 0.25) is 0 Å². The number of carboxylic acids is 1. The Labute approximate surface area is 182 Å². The van der Waals surface area contributed by atoms with E-state index < -0.39 is 36.0 Å². The maximum absolute atomic E-state index is 13.1. The van der Waals surface area contributed by atoms with Crippen molar-refractivity contribution in [1.82, 2.24) is 10.6 Å². The number of hydrogen-bond donors (Lipinski definition) is 3. The van der Waals surface area contributed by atoms with E-state index in [1.807, 2.05) is 53.8 Å². The summed E-state index contributed by atoms with van der Waals surface area (Å²) in [4.78, 5) is 34.8. The summed E-state index contributed by atoms with van der Waals surface area (Å²) in [6.45, 7) is -1.19. The van der Waals surface area contributed by atoms with Crippen LogP contribution in [0.25, 0.3) is 11.1 Å². The molecule has 0 aliphatic heterocycles. The molecule has 0 radical (unpaired) electrons. The minimum atomic E-state index is -4.05. The summed E-state index contributed by atoms with van der Waals surface area (Å²) >= 11 is 0. The van der Waals surface area contributed by atoms with E-state index in [9.17, 15) is 23.2 Å². The molecular formula is C23H22F2N2O5. The molecule has 0 unspecified atom stereocenters. The summed E-state index contributed by atoms with van der Waals surface area (Å²) in [7, 11) is 0. The van der Waals surface area contributed by atoms with Gasteiger partial charge < -0.3 is 20.5 Å². The van der Waals surface area contributed by atoms with Crippen LogP contribution in [0.15, 0.2) is 48.5 Å². The molecule has 4 rings (SSSR count). The number of carbonyl (C=O) groups is 3. The van der Waals surface area contributed by atoms with Crippen molar-refractivity contribution in [2.75, 3.05) is 13.2 Å². The lowest BCUT2D eigenvalue weighted by Gasteiger charge is -2.19. The van der Waals surface area contributed by atoms with E-state index in [0.29, 0.717) is 12.8 Å². The fraction of sp³-hybridized carbons (Fsp3) is 0.348. The smallest absolute Gasteiger partial charge is 0.407 e. The molecular weight excluding hydrogens is 422 g/mol. The fourth-order valence-corrected chi connectivity index (χ4v) is 4.00. The highest BCUT2D eigenvalue weighted by Crippen LogP contribution is 2.44. The summed E-state index contributed by atoms with van der Waals surface area (Å²) in [5.74, 6) is -7.23. The van der Waals surface area contributed by atoms with E-state index in [2.05, 4.69) is 5.32 Å². The molecule has 2 aliphatic rings. The number of ether oxygens (including phenoxy) is 1. The van der Waals surface area contributed by atoms with Gasteiger partial charge in [0, 0.05) is 12.3 Å². The van der Waals surface area contributed by atoms with Gasteiger partial charge in [0.2, 0.25) is 5.91 Å². The molecule has 0 saturated heterocycles. The quantitative estimate of drug-likeness (QED) is 0.580. The number of carbonyl (C=O) groups excluding carboxylic acids is 2. The Morgan fingerprint density at radius 2 is 1.59 bits per heavy atom. The number of alkyl halides is 2. The third-order valence-corrected chi connectivity index (χ3v) is 5.88. The molecule has 2 amide bonds. The first-order valence-electron chi connectivity index (χ1n) is 10.2. The molecule has 2 aliphatic carbocycles. The average molecular weight is 444 g/mol. The van der Waals surface area contributed by atoms with Crippen molar-refractivity contribution in [3.63, 3.8) is 0 Å². The zero-order chi connectivity index (χ0) is 22.9. The van der Waals surface area contributed by atoms with E-state index in [1.165, 1.54) is 0 Å². The molecule has 0 atom stereocenters. The summed E-state index contributed by atoms with van der Waals surface area (Å²) in [6.07, 6.45) is 0.0836. The topological polar surface area (TPSA) is 105 Å². The Hall–Kier alpha value is -3.49. The lowest BCUT2D eigenvalue weighted by Crippen LogP contribution is -2.45. The SMILES string of the molecule is O=C(CC1(NC(=O)OCC2c3ccccc3-c3ccccc32)CC1)NCC(F)(F)C(=O)O. The summed E-state index contributed by atoms with van der Waals surface area (Å²) in [5, 5.41) is 13.0. The highest BCUT2D eigenvalue weighted by Gasteiger charge is 2.47. The number of aliphatic carboxylic acids is 1. The molecule has 9 heteroatoms. The molecule has 0 aromatic heterocycles. The molecule has 7 nitrogen and oxygen atoms in total. The van der Waals surface area contributed by atoms with Crippen molar-refractivity contribution < 1.29 is 33.0 Å². The second kappa shape index (κ2) is 8.22. The highest BCUT2D eigenvalue weighted by molar-refractivity contribution is 5.82. The Morgan fingerprint density at radius 1 is 1.03 bits per heavy atom. The number of hydrogen-bond acceptors (Lipinski definition) is 4. The zero-order valence-electron chi connectivity index (χ0n) is 17.1. The molecule has 1 fully saturated rings. The number of benzene rings is 2. The third-order valence-electron chi connectivity index (χ3n) is 5.88. The number of carboxylic acid groups (broad SMARTS) is 1. The van der Waals surface area contributed by atoms with Gasteiger partial charge >= 0.3 is 18.0 Å². The highest BCUT2D eigenvalue weighted by atomic mass is 19.3. The van der Waals surface area contributed by atoms with E-state index in [-0.39, 0.29) is 18.9 Å². The number of amides is 2. The Balaban J connectivity index is 1.32. The van der Waals surface area contributed by atoms with Crippen LogP contribution in [0.3, 0.4) is 0 Å². The van der Waals surface area contributed by atoms with Gasteiger partial charge in [-0.25, -0.2) is 9.59 Å². The predicted molar refractivity (Wildman–Crippen MR) is 110 cm³/mol. The van der Waals surface area contributed by atoms with Gasteiger partial charge in [-0.15, -0.1) is 0 Å². The van der Waals surface area contributed by atoms with Gasteiger partial charge in [-0.05, 0) is 35.1 Å². The Morgan fingerprint density at radius 3 is 2.12 bits per heavy atom. The Bertz CT molecular complexity index is 1020. The van der Waals surface area contributed by atoms with Crippen molar-refractivity contribution in [3.8, 4) is 11.1 Å². The van der Waals surface area contributed by atoms with Crippen molar-refractivity contribution >= 4 is 18.0 Å². The van der Waals surface area contributed by atoms with Gasteiger partial charge in [0.05, 0.1) is 12.1 Å². The molecule has 0 bridgehead atoms. The second-order valence-electron chi connectivity index (χ2n) is 8.19. The molecule has 32 heavy (non-hydrogen) atoms. The maximum Gasteiger partial charge on any atom is 0.407 e. The van der Waals surface area contributed by atoms with E-state index in [0.717, 1.165) is 22.3 Å². The van der Waals surface area contributed by atoms with Gasteiger partial charge in [0.1, 0.15) is 6.61 Å². The van der Waals surface area contributed by atoms with Crippen LogP contribution in [0, 0.1) is 0 Å². The lowest BCUT2D eigenvalue weighted by molar-refractivity contribution is -0.164. The molecule has 0 heterocycles. The summed E-state index contributed by atoms with van der Waals surface area (Å²) in [6, 6.07) is 15.8. The van der Waals surface area contributed by atoms with E-state index >= 15 is 0 Å². The first kappa shape index (κ1) is 21.7. The second-order valence-corrected chi connectivity index (χ2v) is 8.19. The van der Waals surface area contributed by atoms with Crippen LogP contribution in [0.4, 0.5) is 13.6 Å². The van der Waals surface area contributed by atoms with Crippen LogP contribution in [-0.4, -0.2) is 47.7 Å². The van der Waals surface area contributed by atoms with Gasteiger partial charge in [0.25, 0.3) is 0 Å². The lowest BCUT2D eigenvalue weighted by atomic mass is 9.98. The summed E-state index contributed by atoms with van der Waals surface area (Å²) in [5.41, 5.74) is 3.49. The van der Waals surface area contributed by atoms with E-state index in [1.54, 1.807) is 0 Å². The van der Waals surface area contributed by atoms with Gasteiger partial charge in [-0.1, -0.05) is 48.5 Å². The number of nitrogens with one attached hydrogen (secondary N) is 2. The van der Waals surface area contributed by atoms with Crippen LogP contribution in [-0.2, 0) is 14.3 Å². The number of fused-ring (bicyclic) bond motifs is 3. The standard InChI is InChI=1S/C23H22F2N2O5/c24-23(25,20(29)30)13-26-19(28)11-22(9-10-22)27-21(31)32-12-18-16-7-3-1-5-14(16)15-6-2-4-8-17(15)18/h1-8,18H,9-13H2,(H,26,28)(H,27,31)(H,29,30). The van der Waals surface area contributed by atoms with Crippen LogP contribution in [0.5, 0.6) is 0 Å². The first-order chi connectivity index (χ1) is 15.2. The largest absolute Gasteiger partial charge is 0.477 e. The minimum absolute atomic E-state index is 0.107. The van der Waals surface area contributed by atoms with Crippen LogP contribution in [0.1, 0.15) is 36.3 Å². The predicted octanol–water partition coefficient (Wildman–Crippen LogP) is 3.28. The fourth-order valence-electron chi connectivity index (χ4n) is 4.00. The van der Waals surface area contributed by atoms with Gasteiger partial charge in [-0.2, -0.15) is 8.78 Å². The number of rotatable bonds is 8. The molecule has 0 spiro atoms. The monoisotopic (exact) mass is 444 g/mol. The molecule has 1 saturated carbocycles. The minimum Gasteiger partial charge on any atom is -0.477 e. The van der Waals surface area contributed by atoms with Crippen LogP contribution < -0.4 is 10.6 Å². The average Bonchev–Trinajstić information content (AvgIpc) is 3.43. The van der Waals surface area contributed by atoms with Gasteiger partial charge in [-0.3, -0.25) is 4.79 Å². The van der Waals surface area contributed by atoms with E-state index in [4.69, 9.17) is 9.84 Å². The van der Waals surface area contributed by atoms with Crippen molar-refractivity contribution in [2.45, 2.75) is 36.6 Å². The molecule has 2 aromatic rings. The molecule has 168 valence electrons. The van der Waals surface area contributed by atoms with Crippen molar-refractivity contribution in [3.05, 3.63) is 59.7 Å². The molecule has 3 N–H and O–H groups in total. The Kier molecular flexibility index (Phi) is 5.58. The zero-order valence-corrected chi connectivity index (χ0v) is 17.1.